The molecule has 37 heavy (non-hydrogen) atoms. The summed E-state index contributed by atoms with van der Waals surface area (Å²) in [7, 11) is 4.89. The van der Waals surface area contributed by atoms with Gasteiger partial charge in [0.25, 0.3) is 5.56 Å². The molecule has 0 radical (unpaired) electrons. The van der Waals surface area contributed by atoms with E-state index < -0.39 is 18.0 Å². The third kappa shape index (κ3) is 7.95. The van der Waals surface area contributed by atoms with Gasteiger partial charge in [-0.1, -0.05) is 19.9 Å². The molecule has 200 valence electrons. The van der Waals surface area contributed by atoms with Crippen LogP contribution in [0.3, 0.4) is 0 Å². The van der Waals surface area contributed by atoms with Crippen LogP contribution >= 0.6 is 0 Å². The van der Waals surface area contributed by atoms with Gasteiger partial charge < -0.3 is 39.4 Å². The van der Waals surface area contributed by atoms with Crippen molar-refractivity contribution in [2.24, 2.45) is 7.05 Å². The Hall–Kier alpha value is -4.09. The van der Waals surface area contributed by atoms with Gasteiger partial charge in [0.1, 0.15) is 30.0 Å². The van der Waals surface area contributed by atoms with E-state index in [-0.39, 0.29) is 18.2 Å². The van der Waals surface area contributed by atoms with Crippen LogP contribution in [0, 0.1) is 0 Å². The largest absolute Gasteiger partial charge is 0.497 e. The Labute approximate surface area is 213 Å². The number of aliphatic carboxylic acids is 2. The molecule has 1 atom stereocenters. The van der Waals surface area contributed by atoms with Crippen LogP contribution in [0.4, 0.5) is 0 Å². The number of carbonyl (C=O) groups is 2. The van der Waals surface area contributed by atoms with Gasteiger partial charge in [0, 0.05) is 31.3 Å². The molecule has 1 aromatic heterocycles. The Kier molecular flexibility index (Phi) is 10.5. The molecular formula is C26H32N2O9. The molecule has 0 amide bonds. The van der Waals surface area contributed by atoms with Crippen molar-refractivity contribution < 1.29 is 39.1 Å². The highest BCUT2D eigenvalue weighted by molar-refractivity contribution is 6.27. The van der Waals surface area contributed by atoms with Crippen molar-refractivity contribution in [1.29, 1.82) is 0 Å². The second kappa shape index (κ2) is 13.3. The molecule has 0 saturated heterocycles. The fraction of sp³-hybridized carbons (Fsp3) is 0.346. The standard InChI is InChI=1S/C24H30N2O5.C2H2O4/c1-15(2)25-13-17(27)14-31-23-12-19(30-5)8-9-20(23)22-10-16-6-7-18(29-4)11-21(16)24(28)26(22)3;3-1(4)2(5)6/h6-12,15,17,25,27H,13-14H2,1-5H3;(H,3,4)(H,5,6). The van der Waals surface area contributed by atoms with E-state index in [0.717, 1.165) is 10.9 Å². The van der Waals surface area contributed by atoms with Crippen molar-refractivity contribution in [2.75, 3.05) is 27.4 Å². The number of fused-ring (bicyclic) bond motifs is 1. The summed E-state index contributed by atoms with van der Waals surface area (Å²) < 4.78 is 18.2. The Morgan fingerprint density at radius 2 is 1.57 bits per heavy atom. The Morgan fingerprint density at radius 3 is 2.14 bits per heavy atom. The molecule has 0 aliphatic rings. The van der Waals surface area contributed by atoms with E-state index in [9.17, 15) is 9.90 Å². The van der Waals surface area contributed by atoms with Crippen LogP contribution in [0.1, 0.15) is 13.8 Å². The zero-order valence-corrected chi connectivity index (χ0v) is 21.3. The maximum Gasteiger partial charge on any atom is 0.414 e. The number of aliphatic hydroxyl groups excluding tert-OH is 1. The summed E-state index contributed by atoms with van der Waals surface area (Å²) >= 11 is 0. The summed E-state index contributed by atoms with van der Waals surface area (Å²) in [5.74, 6) is -1.85. The summed E-state index contributed by atoms with van der Waals surface area (Å²) in [5, 5.41) is 29.6. The molecule has 1 unspecified atom stereocenters. The number of carboxylic acids is 2. The van der Waals surface area contributed by atoms with Crippen molar-refractivity contribution in [3.63, 3.8) is 0 Å². The maximum absolute atomic E-state index is 13.0. The smallest absolute Gasteiger partial charge is 0.414 e. The van der Waals surface area contributed by atoms with Gasteiger partial charge in [-0.3, -0.25) is 4.79 Å². The number of ether oxygens (including phenoxy) is 3. The molecule has 0 bridgehead atoms. The number of hydrogen-bond donors (Lipinski definition) is 4. The fourth-order valence-electron chi connectivity index (χ4n) is 3.34. The molecule has 0 spiro atoms. The van der Waals surface area contributed by atoms with Crippen molar-refractivity contribution in [3.8, 4) is 28.5 Å². The minimum atomic E-state index is -1.82. The van der Waals surface area contributed by atoms with E-state index in [0.29, 0.717) is 34.9 Å². The monoisotopic (exact) mass is 516 g/mol. The summed E-state index contributed by atoms with van der Waals surface area (Å²) in [6, 6.07) is 13.1. The first kappa shape index (κ1) is 29.1. The minimum Gasteiger partial charge on any atom is -0.497 e. The SMILES string of the molecule is COc1ccc(-c2cc3ccc(OC)cc3c(=O)n2C)c(OCC(O)CNC(C)C)c1.O=C(O)C(=O)O. The van der Waals surface area contributed by atoms with Crippen molar-refractivity contribution in [3.05, 3.63) is 52.8 Å². The lowest BCUT2D eigenvalue weighted by atomic mass is 10.0. The average Bonchev–Trinajstić information content (AvgIpc) is 2.88. The first-order chi connectivity index (χ1) is 17.5. The summed E-state index contributed by atoms with van der Waals surface area (Å²) in [4.78, 5) is 31.2. The molecule has 0 saturated carbocycles. The number of nitrogens with one attached hydrogen (secondary N) is 1. The Bertz CT molecular complexity index is 1290. The number of aromatic nitrogens is 1. The summed E-state index contributed by atoms with van der Waals surface area (Å²) in [6.45, 7) is 4.57. The molecule has 3 rings (SSSR count). The van der Waals surface area contributed by atoms with Gasteiger partial charge in [0.15, 0.2) is 0 Å². The molecule has 1 heterocycles. The zero-order valence-electron chi connectivity index (χ0n) is 21.3. The molecular weight excluding hydrogens is 484 g/mol. The number of carboxylic acid groups (broad SMARTS) is 2. The third-order valence-corrected chi connectivity index (χ3v) is 5.29. The fourth-order valence-corrected chi connectivity index (χ4v) is 3.34. The van der Waals surface area contributed by atoms with E-state index in [1.807, 2.05) is 44.2 Å². The number of rotatable bonds is 9. The Morgan fingerprint density at radius 1 is 0.973 bits per heavy atom. The van der Waals surface area contributed by atoms with Crippen LogP contribution in [-0.4, -0.2) is 71.3 Å². The first-order valence-electron chi connectivity index (χ1n) is 11.3. The van der Waals surface area contributed by atoms with Crippen LogP contribution in [-0.2, 0) is 16.6 Å². The molecule has 2 aromatic carbocycles. The number of pyridine rings is 1. The van der Waals surface area contributed by atoms with E-state index in [2.05, 4.69) is 5.32 Å². The maximum atomic E-state index is 13.0. The second-order valence-electron chi connectivity index (χ2n) is 8.35. The summed E-state index contributed by atoms with van der Waals surface area (Å²) in [5.41, 5.74) is 1.31. The van der Waals surface area contributed by atoms with Crippen LogP contribution in [0.2, 0.25) is 0 Å². The average molecular weight is 517 g/mol. The van der Waals surface area contributed by atoms with Crippen molar-refractivity contribution >= 4 is 22.7 Å². The van der Waals surface area contributed by atoms with Crippen LogP contribution < -0.4 is 25.1 Å². The van der Waals surface area contributed by atoms with E-state index in [1.54, 1.807) is 38.0 Å². The van der Waals surface area contributed by atoms with E-state index in [4.69, 9.17) is 34.0 Å². The highest BCUT2D eigenvalue weighted by atomic mass is 16.5. The molecule has 0 aliphatic carbocycles. The number of methoxy groups -OCH3 is 2. The molecule has 0 fully saturated rings. The van der Waals surface area contributed by atoms with E-state index >= 15 is 0 Å². The highest BCUT2D eigenvalue weighted by Gasteiger charge is 2.16. The van der Waals surface area contributed by atoms with Crippen molar-refractivity contribution in [2.45, 2.75) is 26.0 Å². The highest BCUT2D eigenvalue weighted by Crippen LogP contribution is 2.34. The molecule has 11 nitrogen and oxygen atoms in total. The molecule has 0 aliphatic heterocycles. The zero-order chi connectivity index (χ0) is 27.7. The molecule has 3 aromatic rings. The lowest BCUT2D eigenvalue weighted by Gasteiger charge is -2.19. The van der Waals surface area contributed by atoms with Crippen LogP contribution in [0.15, 0.2) is 47.3 Å². The normalized spacial score (nSPS) is 11.4. The minimum absolute atomic E-state index is 0.110. The van der Waals surface area contributed by atoms with Gasteiger partial charge in [0.2, 0.25) is 0 Å². The molecule has 4 N–H and O–H groups in total. The quantitative estimate of drug-likeness (QED) is 0.311. The van der Waals surface area contributed by atoms with Gasteiger partial charge in [-0.15, -0.1) is 0 Å². The number of aliphatic hydroxyl groups is 1. The second-order valence-corrected chi connectivity index (χ2v) is 8.35. The number of hydrogen-bond acceptors (Lipinski definition) is 8. The van der Waals surface area contributed by atoms with Gasteiger partial charge in [-0.25, -0.2) is 9.59 Å². The van der Waals surface area contributed by atoms with Gasteiger partial charge >= 0.3 is 11.9 Å². The molecule has 11 heteroatoms. The third-order valence-electron chi connectivity index (χ3n) is 5.29. The van der Waals surface area contributed by atoms with Gasteiger partial charge in [-0.2, -0.15) is 0 Å². The van der Waals surface area contributed by atoms with Crippen LogP contribution in [0.5, 0.6) is 17.2 Å². The summed E-state index contributed by atoms with van der Waals surface area (Å²) in [6.07, 6.45) is -0.672. The van der Waals surface area contributed by atoms with Crippen LogP contribution in [0.25, 0.3) is 22.0 Å². The Balaban J connectivity index is 0.000000717. The predicted molar refractivity (Wildman–Crippen MR) is 138 cm³/mol. The predicted octanol–water partition coefficient (Wildman–Crippen LogP) is 2.12. The lowest BCUT2D eigenvalue weighted by molar-refractivity contribution is -0.159. The van der Waals surface area contributed by atoms with E-state index in [1.165, 1.54) is 0 Å². The first-order valence-corrected chi connectivity index (χ1v) is 11.3. The van der Waals surface area contributed by atoms with Crippen molar-refractivity contribution in [1.82, 2.24) is 9.88 Å². The lowest BCUT2D eigenvalue weighted by Crippen LogP contribution is -2.35. The topological polar surface area (TPSA) is 157 Å². The number of nitrogens with zero attached hydrogens (tertiary/aromatic N) is 1. The van der Waals surface area contributed by atoms with Gasteiger partial charge in [0.05, 0.1) is 25.3 Å². The van der Waals surface area contributed by atoms with Gasteiger partial charge in [-0.05, 0) is 35.7 Å². The number of benzene rings is 2.